The lowest BCUT2D eigenvalue weighted by molar-refractivity contribution is 0.876. The van der Waals surface area contributed by atoms with Gasteiger partial charge in [-0.1, -0.05) is 13.3 Å². The minimum Gasteiger partial charge on any atom is -0.354 e. The standard InChI is InChI=1S/C10H15N3S/c1-4-5-8-9(6-7-11)14-10(12-8)13(2)3/h4-6H2,1-3H3. The largest absolute Gasteiger partial charge is 0.354 e. The van der Waals surface area contributed by atoms with E-state index in [1.165, 1.54) is 0 Å². The van der Waals surface area contributed by atoms with E-state index in [-0.39, 0.29) is 0 Å². The van der Waals surface area contributed by atoms with Gasteiger partial charge in [0, 0.05) is 19.0 Å². The van der Waals surface area contributed by atoms with Crippen molar-refractivity contribution < 1.29 is 0 Å². The van der Waals surface area contributed by atoms with Crippen LogP contribution in [-0.4, -0.2) is 19.1 Å². The minimum atomic E-state index is 0.487. The second-order valence-corrected chi connectivity index (χ2v) is 4.41. The van der Waals surface area contributed by atoms with Gasteiger partial charge in [-0.2, -0.15) is 5.26 Å². The Hall–Kier alpha value is -1.08. The van der Waals surface area contributed by atoms with Gasteiger partial charge >= 0.3 is 0 Å². The van der Waals surface area contributed by atoms with Gasteiger partial charge in [0.25, 0.3) is 0 Å². The third kappa shape index (κ3) is 2.46. The summed E-state index contributed by atoms with van der Waals surface area (Å²) in [5.74, 6) is 0. The molecule has 14 heavy (non-hydrogen) atoms. The van der Waals surface area contributed by atoms with Crippen molar-refractivity contribution >= 4 is 16.5 Å². The number of hydrogen-bond donors (Lipinski definition) is 0. The highest BCUT2D eigenvalue weighted by Gasteiger charge is 2.10. The first-order chi connectivity index (χ1) is 6.69. The summed E-state index contributed by atoms with van der Waals surface area (Å²) in [6.45, 7) is 2.13. The smallest absolute Gasteiger partial charge is 0.185 e. The maximum Gasteiger partial charge on any atom is 0.185 e. The number of hydrogen-bond acceptors (Lipinski definition) is 4. The maximum atomic E-state index is 8.68. The molecule has 0 bridgehead atoms. The summed E-state index contributed by atoms with van der Waals surface area (Å²) >= 11 is 1.62. The number of nitriles is 1. The molecule has 0 saturated heterocycles. The summed E-state index contributed by atoms with van der Waals surface area (Å²) in [5.41, 5.74) is 1.10. The number of nitrogens with zero attached hydrogens (tertiary/aromatic N) is 3. The maximum absolute atomic E-state index is 8.68. The molecule has 0 amide bonds. The zero-order valence-corrected chi connectivity index (χ0v) is 9.69. The van der Waals surface area contributed by atoms with Crippen molar-refractivity contribution in [2.45, 2.75) is 26.2 Å². The van der Waals surface area contributed by atoms with Crippen LogP contribution in [0, 0.1) is 11.3 Å². The lowest BCUT2D eigenvalue weighted by atomic mass is 10.2. The Labute approximate surface area is 89.0 Å². The Morgan fingerprint density at radius 2 is 2.21 bits per heavy atom. The van der Waals surface area contributed by atoms with E-state index < -0.39 is 0 Å². The van der Waals surface area contributed by atoms with Gasteiger partial charge in [0.2, 0.25) is 0 Å². The second kappa shape index (κ2) is 4.97. The van der Waals surface area contributed by atoms with Gasteiger partial charge in [0.15, 0.2) is 5.13 Å². The average molecular weight is 209 g/mol. The molecule has 0 N–H and O–H groups in total. The molecule has 0 saturated carbocycles. The predicted octanol–water partition coefficient (Wildman–Crippen LogP) is 2.23. The van der Waals surface area contributed by atoms with Crippen LogP contribution in [0.2, 0.25) is 0 Å². The number of rotatable bonds is 4. The van der Waals surface area contributed by atoms with Crippen molar-refractivity contribution in [3.63, 3.8) is 0 Å². The summed E-state index contributed by atoms with van der Waals surface area (Å²) in [5, 5.41) is 9.67. The molecule has 1 rings (SSSR count). The van der Waals surface area contributed by atoms with Gasteiger partial charge in [-0.3, -0.25) is 0 Å². The molecule has 76 valence electrons. The normalized spacial score (nSPS) is 9.86. The van der Waals surface area contributed by atoms with Crippen molar-refractivity contribution in [3.05, 3.63) is 10.6 Å². The molecule has 0 unspecified atom stereocenters. The summed E-state index contributed by atoms with van der Waals surface area (Å²) in [4.78, 5) is 7.63. The van der Waals surface area contributed by atoms with E-state index in [9.17, 15) is 0 Å². The van der Waals surface area contributed by atoms with Gasteiger partial charge in [-0.05, 0) is 6.42 Å². The summed E-state index contributed by atoms with van der Waals surface area (Å²) < 4.78 is 0. The summed E-state index contributed by atoms with van der Waals surface area (Å²) in [6, 6.07) is 2.19. The Morgan fingerprint density at radius 3 is 2.71 bits per heavy atom. The van der Waals surface area contributed by atoms with Gasteiger partial charge in [0.05, 0.1) is 18.2 Å². The minimum absolute atomic E-state index is 0.487. The third-order valence-corrected chi connectivity index (χ3v) is 3.14. The van der Waals surface area contributed by atoms with Crippen molar-refractivity contribution in [3.8, 4) is 6.07 Å². The molecule has 4 heteroatoms. The highest BCUT2D eigenvalue weighted by Crippen LogP contribution is 2.26. The van der Waals surface area contributed by atoms with Crippen LogP contribution < -0.4 is 4.90 Å². The zero-order valence-electron chi connectivity index (χ0n) is 8.87. The van der Waals surface area contributed by atoms with Crippen LogP contribution in [0.3, 0.4) is 0 Å². The van der Waals surface area contributed by atoms with Gasteiger partial charge < -0.3 is 4.90 Å². The van der Waals surface area contributed by atoms with E-state index in [0.29, 0.717) is 6.42 Å². The third-order valence-electron chi connectivity index (χ3n) is 1.88. The molecule has 0 fully saturated rings. The lowest BCUT2D eigenvalue weighted by Crippen LogP contribution is -2.07. The fraction of sp³-hybridized carbons (Fsp3) is 0.600. The first-order valence-electron chi connectivity index (χ1n) is 4.71. The van der Waals surface area contributed by atoms with Crippen LogP contribution in [-0.2, 0) is 12.8 Å². The number of thiazole rings is 1. The monoisotopic (exact) mass is 209 g/mol. The van der Waals surface area contributed by atoms with Crippen LogP contribution in [0.1, 0.15) is 23.9 Å². The zero-order chi connectivity index (χ0) is 10.6. The lowest BCUT2D eigenvalue weighted by Gasteiger charge is -2.05. The van der Waals surface area contributed by atoms with Crippen molar-refractivity contribution in [2.24, 2.45) is 0 Å². The van der Waals surface area contributed by atoms with Crippen molar-refractivity contribution in [1.82, 2.24) is 4.98 Å². The predicted molar refractivity (Wildman–Crippen MR) is 59.8 cm³/mol. The topological polar surface area (TPSA) is 39.9 Å². The fourth-order valence-electron chi connectivity index (χ4n) is 1.20. The molecule has 0 radical (unpaired) electrons. The van der Waals surface area contributed by atoms with E-state index in [2.05, 4.69) is 18.0 Å². The van der Waals surface area contributed by atoms with E-state index in [1.807, 2.05) is 19.0 Å². The van der Waals surface area contributed by atoms with Crippen LogP contribution >= 0.6 is 11.3 Å². The molecule has 0 aliphatic carbocycles. The molecule has 0 aliphatic heterocycles. The van der Waals surface area contributed by atoms with Crippen LogP contribution in [0.4, 0.5) is 5.13 Å². The molecule has 0 atom stereocenters. The summed E-state index contributed by atoms with van der Waals surface area (Å²) in [7, 11) is 3.95. The van der Waals surface area contributed by atoms with Crippen molar-refractivity contribution in [2.75, 3.05) is 19.0 Å². The van der Waals surface area contributed by atoms with Gasteiger partial charge in [0.1, 0.15) is 0 Å². The van der Waals surface area contributed by atoms with E-state index in [4.69, 9.17) is 5.26 Å². The Bertz CT molecular complexity index is 336. The Morgan fingerprint density at radius 1 is 1.50 bits per heavy atom. The van der Waals surface area contributed by atoms with Crippen LogP contribution in [0.15, 0.2) is 0 Å². The highest BCUT2D eigenvalue weighted by atomic mass is 32.1. The number of aromatic nitrogens is 1. The summed E-state index contributed by atoms with van der Waals surface area (Å²) in [6.07, 6.45) is 2.54. The highest BCUT2D eigenvalue weighted by molar-refractivity contribution is 7.15. The van der Waals surface area contributed by atoms with Gasteiger partial charge in [-0.25, -0.2) is 4.98 Å². The average Bonchev–Trinajstić information content (AvgIpc) is 2.50. The molecule has 1 aromatic rings. The SMILES string of the molecule is CCCc1nc(N(C)C)sc1CC#N. The number of anilines is 1. The molecule has 1 aromatic heterocycles. The Balaban J connectivity index is 2.94. The van der Waals surface area contributed by atoms with Crippen LogP contribution in [0.5, 0.6) is 0 Å². The van der Waals surface area contributed by atoms with Gasteiger partial charge in [-0.15, -0.1) is 11.3 Å². The van der Waals surface area contributed by atoms with E-state index in [1.54, 1.807) is 11.3 Å². The quantitative estimate of drug-likeness (QED) is 0.763. The Kier molecular flexibility index (Phi) is 3.90. The molecule has 0 aromatic carbocycles. The molecular weight excluding hydrogens is 194 g/mol. The fourth-order valence-corrected chi connectivity index (χ4v) is 2.16. The molecule has 3 nitrogen and oxygen atoms in total. The molecule has 0 spiro atoms. The van der Waals surface area contributed by atoms with Crippen LogP contribution in [0.25, 0.3) is 0 Å². The molecule has 1 heterocycles. The first kappa shape index (κ1) is 11.0. The first-order valence-corrected chi connectivity index (χ1v) is 5.53. The molecular formula is C10H15N3S. The second-order valence-electron chi connectivity index (χ2n) is 3.35. The number of aryl methyl sites for hydroxylation is 1. The van der Waals surface area contributed by atoms with Crippen molar-refractivity contribution in [1.29, 1.82) is 5.26 Å². The molecule has 0 aliphatic rings. The van der Waals surface area contributed by atoms with E-state index >= 15 is 0 Å². The van der Waals surface area contributed by atoms with E-state index in [0.717, 1.165) is 28.5 Å².